The summed E-state index contributed by atoms with van der Waals surface area (Å²) in [7, 11) is 2.15. The van der Waals surface area contributed by atoms with Gasteiger partial charge in [0.05, 0.1) is 17.5 Å². The van der Waals surface area contributed by atoms with Gasteiger partial charge in [0.15, 0.2) is 0 Å². The van der Waals surface area contributed by atoms with E-state index in [1.807, 2.05) is 25.1 Å². The van der Waals surface area contributed by atoms with Crippen molar-refractivity contribution in [3.8, 4) is 11.3 Å². The van der Waals surface area contributed by atoms with Crippen LogP contribution in [-0.2, 0) is 0 Å². The molecule has 5 rings (SSSR count). The molecule has 0 N–H and O–H groups in total. The quantitative estimate of drug-likeness (QED) is 0.486. The fraction of sp³-hybridized carbons (Fsp3) is 0.350. The van der Waals surface area contributed by atoms with E-state index in [9.17, 15) is 4.79 Å². The lowest BCUT2D eigenvalue weighted by Crippen LogP contribution is -2.28. The highest BCUT2D eigenvalue weighted by Gasteiger charge is 2.16. The van der Waals surface area contributed by atoms with Gasteiger partial charge in [0, 0.05) is 36.8 Å². The smallest absolute Gasteiger partial charge is 0.345 e. The molecule has 8 heteroatoms. The van der Waals surface area contributed by atoms with Crippen molar-refractivity contribution in [2.24, 2.45) is 0 Å². The van der Waals surface area contributed by atoms with Gasteiger partial charge in [-0.05, 0) is 45.1 Å². The molecule has 1 aliphatic heterocycles. The molecule has 0 radical (unpaired) electrons. The fourth-order valence-electron chi connectivity index (χ4n) is 3.71. The van der Waals surface area contributed by atoms with E-state index >= 15 is 0 Å². The predicted molar refractivity (Wildman–Crippen MR) is 111 cm³/mol. The van der Waals surface area contributed by atoms with Crippen LogP contribution in [0.3, 0.4) is 0 Å². The van der Waals surface area contributed by atoms with Crippen molar-refractivity contribution < 1.29 is 4.42 Å². The lowest BCUT2D eigenvalue weighted by Gasteiger charge is -2.22. The zero-order chi connectivity index (χ0) is 19.3. The van der Waals surface area contributed by atoms with E-state index in [1.54, 1.807) is 10.7 Å². The van der Waals surface area contributed by atoms with Crippen molar-refractivity contribution in [3.63, 3.8) is 0 Å². The number of likely N-dealkylation sites (N-methyl/N-ethyl adjacent to an activating group) is 1. The summed E-state index contributed by atoms with van der Waals surface area (Å²) in [5.41, 5.74) is 2.39. The number of aromatic nitrogens is 3. The van der Waals surface area contributed by atoms with Crippen molar-refractivity contribution in [2.75, 3.05) is 38.1 Å². The summed E-state index contributed by atoms with van der Waals surface area (Å²) in [6, 6.07) is 7.96. The first kappa shape index (κ1) is 17.4. The second kappa shape index (κ2) is 6.72. The highest BCUT2D eigenvalue weighted by atomic mass is 32.1. The van der Waals surface area contributed by atoms with Gasteiger partial charge in [0.25, 0.3) is 0 Å². The van der Waals surface area contributed by atoms with Gasteiger partial charge in [-0.1, -0.05) is 11.3 Å². The molecule has 0 unspecified atom stereocenters. The SMILES string of the molecule is Cc1nn2cc(-c3cc4ccc(N5CCCN(C)CC5)cc4oc3=O)nc2s1. The van der Waals surface area contributed by atoms with Gasteiger partial charge >= 0.3 is 5.63 Å². The Balaban J connectivity index is 1.52. The molecule has 144 valence electrons. The Bertz CT molecular complexity index is 1190. The van der Waals surface area contributed by atoms with E-state index in [1.165, 1.54) is 11.3 Å². The standard InChI is InChI=1S/C20H21N5O2S/c1-13-22-25-12-17(21-20(25)28-13)16-10-14-4-5-15(11-18(14)27-19(16)26)24-7-3-6-23(2)8-9-24/h4-5,10-12H,3,6-9H2,1-2H3. The second-order valence-corrected chi connectivity index (χ2v) is 8.45. The second-order valence-electron chi connectivity index (χ2n) is 7.29. The van der Waals surface area contributed by atoms with Crippen LogP contribution in [0.25, 0.3) is 27.2 Å². The molecule has 1 aliphatic rings. The third kappa shape index (κ3) is 3.08. The first-order valence-electron chi connectivity index (χ1n) is 9.41. The van der Waals surface area contributed by atoms with Crippen LogP contribution in [0, 0.1) is 6.92 Å². The number of hydrogen-bond donors (Lipinski definition) is 0. The Labute approximate surface area is 165 Å². The predicted octanol–water partition coefficient (Wildman–Crippen LogP) is 3.01. The molecule has 3 aromatic heterocycles. The minimum Gasteiger partial charge on any atom is -0.422 e. The van der Waals surface area contributed by atoms with Gasteiger partial charge in [0.1, 0.15) is 10.6 Å². The van der Waals surface area contributed by atoms with Crippen LogP contribution in [0.15, 0.2) is 39.7 Å². The van der Waals surface area contributed by atoms with Gasteiger partial charge in [-0.2, -0.15) is 5.10 Å². The number of aryl methyl sites for hydroxylation is 1. The monoisotopic (exact) mass is 395 g/mol. The highest BCUT2D eigenvalue weighted by Crippen LogP contribution is 2.26. The van der Waals surface area contributed by atoms with Gasteiger partial charge in [-0.25, -0.2) is 14.3 Å². The van der Waals surface area contributed by atoms with Crippen molar-refractivity contribution >= 4 is 33.0 Å². The fourth-order valence-corrected chi connectivity index (χ4v) is 4.43. The summed E-state index contributed by atoms with van der Waals surface area (Å²) in [6.45, 7) is 6.06. The molecule has 0 amide bonds. The minimum absolute atomic E-state index is 0.372. The van der Waals surface area contributed by atoms with E-state index in [-0.39, 0.29) is 5.63 Å². The molecule has 0 atom stereocenters. The summed E-state index contributed by atoms with van der Waals surface area (Å²) in [4.78, 5) is 22.6. The molecule has 28 heavy (non-hydrogen) atoms. The number of imidazole rings is 1. The molecule has 0 spiro atoms. The Hall–Kier alpha value is -2.71. The van der Waals surface area contributed by atoms with E-state index < -0.39 is 0 Å². The van der Waals surface area contributed by atoms with Crippen LogP contribution in [-0.4, -0.2) is 52.7 Å². The van der Waals surface area contributed by atoms with E-state index in [0.29, 0.717) is 16.8 Å². The molecule has 4 aromatic rings. The molecular weight excluding hydrogens is 374 g/mol. The lowest BCUT2D eigenvalue weighted by atomic mass is 10.1. The topological polar surface area (TPSA) is 66.9 Å². The van der Waals surface area contributed by atoms with Crippen LogP contribution < -0.4 is 10.5 Å². The molecule has 1 fully saturated rings. The van der Waals surface area contributed by atoms with E-state index in [4.69, 9.17) is 4.42 Å². The average molecular weight is 395 g/mol. The lowest BCUT2D eigenvalue weighted by molar-refractivity contribution is 0.360. The maximum atomic E-state index is 12.6. The summed E-state index contributed by atoms with van der Waals surface area (Å²) in [5.74, 6) is 0. The third-order valence-corrected chi connectivity index (χ3v) is 6.06. The molecule has 7 nitrogen and oxygen atoms in total. The number of benzene rings is 1. The molecule has 1 saturated heterocycles. The van der Waals surface area contributed by atoms with Crippen molar-refractivity contribution in [1.82, 2.24) is 19.5 Å². The number of anilines is 1. The molecule has 0 bridgehead atoms. The third-order valence-electron chi connectivity index (χ3n) is 5.22. The molecule has 1 aromatic carbocycles. The maximum absolute atomic E-state index is 12.6. The van der Waals surface area contributed by atoms with Gasteiger partial charge in [0.2, 0.25) is 4.96 Å². The first-order chi connectivity index (χ1) is 13.6. The summed E-state index contributed by atoms with van der Waals surface area (Å²) >= 11 is 1.50. The van der Waals surface area contributed by atoms with E-state index in [2.05, 4.69) is 33.0 Å². The van der Waals surface area contributed by atoms with Crippen LogP contribution in [0.4, 0.5) is 5.69 Å². The largest absolute Gasteiger partial charge is 0.422 e. The van der Waals surface area contributed by atoms with Gasteiger partial charge in [-0.15, -0.1) is 0 Å². The molecular formula is C20H21N5O2S. The first-order valence-corrected chi connectivity index (χ1v) is 10.2. The zero-order valence-corrected chi connectivity index (χ0v) is 16.7. The van der Waals surface area contributed by atoms with Crippen molar-refractivity contribution in [3.05, 3.63) is 45.9 Å². The molecule has 0 aliphatic carbocycles. The van der Waals surface area contributed by atoms with Gasteiger partial charge in [-0.3, -0.25) is 0 Å². The Morgan fingerprint density at radius 3 is 2.89 bits per heavy atom. The van der Waals surface area contributed by atoms with Crippen LogP contribution in [0.1, 0.15) is 11.4 Å². The molecule has 4 heterocycles. The number of nitrogens with zero attached hydrogens (tertiary/aromatic N) is 5. The highest BCUT2D eigenvalue weighted by molar-refractivity contribution is 7.16. The van der Waals surface area contributed by atoms with Crippen LogP contribution in [0.2, 0.25) is 0 Å². The number of fused-ring (bicyclic) bond motifs is 2. The minimum atomic E-state index is -0.372. The maximum Gasteiger partial charge on any atom is 0.345 e. The summed E-state index contributed by atoms with van der Waals surface area (Å²) in [6.07, 6.45) is 2.90. The van der Waals surface area contributed by atoms with Crippen LogP contribution >= 0.6 is 11.3 Å². The number of rotatable bonds is 2. The van der Waals surface area contributed by atoms with Gasteiger partial charge < -0.3 is 14.2 Å². The van der Waals surface area contributed by atoms with Crippen molar-refractivity contribution in [2.45, 2.75) is 13.3 Å². The zero-order valence-electron chi connectivity index (χ0n) is 15.9. The Kier molecular flexibility index (Phi) is 4.17. The summed E-state index contributed by atoms with van der Waals surface area (Å²) < 4.78 is 7.38. The average Bonchev–Trinajstić information content (AvgIpc) is 3.11. The Morgan fingerprint density at radius 1 is 1.14 bits per heavy atom. The van der Waals surface area contributed by atoms with Crippen LogP contribution in [0.5, 0.6) is 0 Å². The summed E-state index contributed by atoms with van der Waals surface area (Å²) in [5, 5.41) is 6.19. The number of hydrogen-bond acceptors (Lipinski definition) is 7. The molecule has 0 saturated carbocycles. The normalized spacial score (nSPS) is 16.1. The van der Waals surface area contributed by atoms with E-state index in [0.717, 1.165) is 53.6 Å². The van der Waals surface area contributed by atoms with Crippen molar-refractivity contribution in [1.29, 1.82) is 0 Å². The Morgan fingerprint density at radius 2 is 2.04 bits per heavy atom.